The number of hydrogen-bond acceptors (Lipinski definition) is 4. The SMILES string of the molecule is NCc1ccc(F)c(S(=O)(=O)Nc2ncccc2Cl)c1. The highest BCUT2D eigenvalue weighted by Crippen LogP contribution is 2.23. The van der Waals surface area contributed by atoms with Crippen molar-refractivity contribution in [1.29, 1.82) is 0 Å². The largest absolute Gasteiger partial charge is 0.326 e. The molecular formula is C12H11ClFN3O2S. The molecule has 8 heteroatoms. The van der Waals surface area contributed by atoms with Gasteiger partial charge in [0.15, 0.2) is 5.82 Å². The van der Waals surface area contributed by atoms with Crippen molar-refractivity contribution in [3.05, 3.63) is 52.9 Å². The van der Waals surface area contributed by atoms with Gasteiger partial charge in [0.2, 0.25) is 0 Å². The van der Waals surface area contributed by atoms with Gasteiger partial charge in [-0.2, -0.15) is 0 Å². The third-order valence-electron chi connectivity index (χ3n) is 2.51. The van der Waals surface area contributed by atoms with Crippen LogP contribution in [0.2, 0.25) is 5.02 Å². The van der Waals surface area contributed by atoms with Crippen molar-refractivity contribution in [2.45, 2.75) is 11.4 Å². The summed E-state index contributed by atoms with van der Waals surface area (Å²) in [4.78, 5) is 3.29. The van der Waals surface area contributed by atoms with Gasteiger partial charge < -0.3 is 5.73 Å². The molecule has 0 saturated carbocycles. The molecule has 1 heterocycles. The fourth-order valence-corrected chi connectivity index (χ4v) is 2.91. The minimum atomic E-state index is -4.13. The van der Waals surface area contributed by atoms with Crippen molar-refractivity contribution in [2.75, 3.05) is 4.72 Å². The summed E-state index contributed by atoms with van der Waals surface area (Å²) < 4.78 is 40.1. The summed E-state index contributed by atoms with van der Waals surface area (Å²) in [5, 5.41) is 0.117. The van der Waals surface area contributed by atoms with E-state index in [-0.39, 0.29) is 17.4 Å². The molecule has 0 saturated heterocycles. The lowest BCUT2D eigenvalue weighted by molar-refractivity contribution is 0.569. The molecule has 1 aromatic heterocycles. The lowest BCUT2D eigenvalue weighted by Gasteiger charge is -2.10. The van der Waals surface area contributed by atoms with Crippen molar-refractivity contribution >= 4 is 27.4 Å². The Morgan fingerprint density at radius 2 is 2.10 bits per heavy atom. The van der Waals surface area contributed by atoms with E-state index in [1.807, 2.05) is 0 Å². The van der Waals surface area contributed by atoms with Crippen LogP contribution in [0.1, 0.15) is 5.56 Å². The van der Waals surface area contributed by atoms with Crippen LogP contribution in [0.3, 0.4) is 0 Å². The van der Waals surface area contributed by atoms with Gasteiger partial charge in [0.05, 0.1) is 5.02 Å². The van der Waals surface area contributed by atoms with E-state index in [9.17, 15) is 12.8 Å². The van der Waals surface area contributed by atoms with E-state index in [2.05, 4.69) is 9.71 Å². The minimum Gasteiger partial charge on any atom is -0.326 e. The molecule has 0 aliphatic heterocycles. The van der Waals surface area contributed by atoms with Gasteiger partial charge in [0.25, 0.3) is 10.0 Å². The molecule has 0 aliphatic rings. The first-order chi connectivity index (χ1) is 9.44. The molecule has 0 aliphatic carbocycles. The molecular weight excluding hydrogens is 305 g/mol. The van der Waals surface area contributed by atoms with Gasteiger partial charge in [-0.15, -0.1) is 0 Å². The van der Waals surface area contributed by atoms with Crippen molar-refractivity contribution in [2.24, 2.45) is 5.73 Å². The Morgan fingerprint density at radius 1 is 1.35 bits per heavy atom. The number of halogens is 2. The maximum atomic E-state index is 13.7. The molecule has 0 spiro atoms. The molecule has 5 nitrogen and oxygen atoms in total. The molecule has 106 valence electrons. The molecule has 0 unspecified atom stereocenters. The Balaban J connectivity index is 2.43. The maximum Gasteiger partial charge on any atom is 0.266 e. The fourth-order valence-electron chi connectivity index (χ4n) is 1.52. The number of hydrogen-bond donors (Lipinski definition) is 2. The van der Waals surface area contributed by atoms with E-state index in [0.29, 0.717) is 5.56 Å². The molecule has 3 N–H and O–H groups in total. The highest BCUT2D eigenvalue weighted by molar-refractivity contribution is 7.92. The zero-order chi connectivity index (χ0) is 14.8. The van der Waals surface area contributed by atoms with E-state index < -0.39 is 20.7 Å². The fraction of sp³-hybridized carbons (Fsp3) is 0.0833. The average molecular weight is 316 g/mol. The van der Waals surface area contributed by atoms with Crippen molar-refractivity contribution in [3.63, 3.8) is 0 Å². The zero-order valence-corrected chi connectivity index (χ0v) is 11.7. The number of sulfonamides is 1. The number of benzene rings is 1. The normalized spacial score (nSPS) is 11.3. The van der Waals surface area contributed by atoms with Gasteiger partial charge in [-0.3, -0.25) is 4.72 Å². The highest BCUT2D eigenvalue weighted by atomic mass is 35.5. The lowest BCUT2D eigenvalue weighted by Crippen LogP contribution is -2.16. The summed E-state index contributed by atoms with van der Waals surface area (Å²) in [6.07, 6.45) is 1.37. The van der Waals surface area contributed by atoms with Gasteiger partial charge in [-0.05, 0) is 29.8 Å². The van der Waals surface area contributed by atoms with Crippen LogP contribution in [0.5, 0.6) is 0 Å². The van der Waals surface area contributed by atoms with Gasteiger partial charge in [0.1, 0.15) is 10.7 Å². The Kier molecular flexibility index (Phi) is 4.22. The van der Waals surface area contributed by atoms with Gasteiger partial charge >= 0.3 is 0 Å². The van der Waals surface area contributed by atoms with Crippen molar-refractivity contribution < 1.29 is 12.8 Å². The molecule has 0 amide bonds. The second-order valence-electron chi connectivity index (χ2n) is 3.91. The minimum absolute atomic E-state index is 0.0632. The molecule has 0 fully saturated rings. The van der Waals surface area contributed by atoms with Crippen LogP contribution in [0, 0.1) is 5.82 Å². The third kappa shape index (κ3) is 3.06. The molecule has 0 bridgehead atoms. The van der Waals surface area contributed by atoms with Crippen LogP contribution < -0.4 is 10.5 Å². The average Bonchev–Trinajstić information content (AvgIpc) is 2.41. The van der Waals surface area contributed by atoms with Crippen LogP contribution in [0.4, 0.5) is 10.2 Å². The summed E-state index contributed by atoms with van der Waals surface area (Å²) >= 11 is 5.81. The number of nitrogens with zero attached hydrogens (tertiary/aromatic N) is 1. The number of aromatic nitrogens is 1. The smallest absolute Gasteiger partial charge is 0.266 e. The number of nitrogens with one attached hydrogen (secondary N) is 1. The molecule has 20 heavy (non-hydrogen) atoms. The lowest BCUT2D eigenvalue weighted by atomic mass is 10.2. The summed E-state index contributed by atoms with van der Waals surface area (Å²) in [7, 11) is -4.13. The first-order valence-electron chi connectivity index (χ1n) is 5.56. The first-order valence-corrected chi connectivity index (χ1v) is 7.42. The van der Waals surface area contributed by atoms with E-state index in [1.165, 1.54) is 24.4 Å². The molecule has 0 radical (unpaired) electrons. The Morgan fingerprint density at radius 3 is 2.75 bits per heavy atom. The first kappa shape index (κ1) is 14.7. The summed E-state index contributed by atoms with van der Waals surface area (Å²) in [6, 6.07) is 6.67. The van der Waals surface area contributed by atoms with Crippen LogP contribution in [0.25, 0.3) is 0 Å². The zero-order valence-electron chi connectivity index (χ0n) is 10.2. The quantitative estimate of drug-likeness (QED) is 0.905. The number of rotatable bonds is 4. The van der Waals surface area contributed by atoms with E-state index in [0.717, 1.165) is 6.07 Å². The number of pyridine rings is 1. The van der Waals surface area contributed by atoms with Crippen molar-refractivity contribution in [1.82, 2.24) is 4.98 Å². The topological polar surface area (TPSA) is 85.1 Å². The standard InChI is InChI=1S/C12H11ClFN3O2S/c13-9-2-1-5-16-12(9)17-20(18,19)11-6-8(7-15)3-4-10(11)14/h1-6H,7,15H2,(H,16,17). The van der Waals surface area contributed by atoms with Gasteiger partial charge in [0, 0.05) is 12.7 Å². The van der Waals surface area contributed by atoms with Gasteiger partial charge in [-0.25, -0.2) is 17.8 Å². The van der Waals surface area contributed by atoms with Crippen LogP contribution in [0.15, 0.2) is 41.4 Å². The predicted octanol–water partition coefficient (Wildman–Crippen LogP) is 2.13. The molecule has 2 aromatic rings. The molecule has 2 rings (SSSR count). The summed E-state index contributed by atoms with van der Waals surface area (Å²) in [5.41, 5.74) is 5.92. The number of nitrogens with two attached hydrogens (primary N) is 1. The summed E-state index contributed by atoms with van der Waals surface area (Å²) in [5.74, 6) is -0.937. The second kappa shape index (κ2) is 5.74. The monoisotopic (exact) mass is 315 g/mol. The van der Waals surface area contributed by atoms with Crippen LogP contribution in [-0.2, 0) is 16.6 Å². The van der Waals surface area contributed by atoms with Crippen LogP contribution >= 0.6 is 11.6 Å². The highest BCUT2D eigenvalue weighted by Gasteiger charge is 2.21. The molecule has 0 atom stereocenters. The predicted molar refractivity (Wildman–Crippen MR) is 74.3 cm³/mol. The Labute approximate surface area is 120 Å². The van der Waals surface area contributed by atoms with Crippen molar-refractivity contribution in [3.8, 4) is 0 Å². The second-order valence-corrected chi connectivity index (χ2v) is 5.97. The van der Waals surface area contributed by atoms with E-state index >= 15 is 0 Å². The Hall–Kier alpha value is -1.70. The van der Waals surface area contributed by atoms with E-state index in [1.54, 1.807) is 6.07 Å². The maximum absolute atomic E-state index is 13.7. The third-order valence-corrected chi connectivity index (χ3v) is 4.17. The van der Waals surface area contributed by atoms with E-state index in [4.69, 9.17) is 17.3 Å². The molecule has 1 aromatic carbocycles. The van der Waals surface area contributed by atoms with Crippen LogP contribution in [-0.4, -0.2) is 13.4 Å². The summed E-state index contributed by atoms with van der Waals surface area (Å²) in [6.45, 7) is 0.104. The number of anilines is 1. The Bertz CT molecular complexity index is 737. The van der Waals surface area contributed by atoms with Gasteiger partial charge in [-0.1, -0.05) is 17.7 Å².